The van der Waals surface area contributed by atoms with Crippen LogP contribution in [0, 0.1) is 5.82 Å². The molecule has 7 heteroatoms. The van der Waals surface area contributed by atoms with Crippen LogP contribution in [0.3, 0.4) is 0 Å². The zero-order valence-corrected chi connectivity index (χ0v) is 16.0. The highest BCUT2D eigenvalue weighted by atomic mass is 19.1. The summed E-state index contributed by atoms with van der Waals surface area (Å²) < 4.78 is 25.2. The van der Waals surface area contributed by atoms with E-state index in [9.17, 15) is 9.18 Å². The molecule has 0 radical (unpaired) electrons. The van der Waals surface area contributed by atoms with Crippen LogP contribution in [0.15, 0.2) is 18.2 Å². The lowest BCUT2D eigenvalue weighted by Crippen LogP contribution is -2.45. The summed E-state index contributed by atoms with van der Waals surface area (Å²) in [7, 11) is 1.63. The highest BCUT2D eigenvalue weighted by molar-refractivity contribution is 5.84. The smallest absolute Gasteiger partial charge is 0.242 e. The number of nitrogens with one attached hydrogen (secondary N) is 2. The number of hydrogen-bond donors (Lipinski definition) is 2. The molecule has 3 atom stereocenters. The van der Waals surface area contributed by atoms with Gasteiger partial charge in [-0.3, -0.25) is 4.79 Å². The van der Waals surface area contributed by atoms with Crippen molar-refractivity contribution >= 4 is 17.3 Å². The number of halogens is 1. The molecule has 6 nitrogen and oxygen atoms in total. The number of nitrogens with zero attached hydrogens (tertiary/aromatic N) is 1. The highest BCUT2D eigenvalue weighted by Gasteiger charge is 2.24. The first kappa shape index (κ1) is 20.5. The second-order valence-electron chi connectivity index (χ2n) is 6.83. The van der Waals surface area contributed by atoms with E-state index >= 15 is 0 Å². The van der Waals surface area contributed by atoms with E-state index in [1.54, 1.807) is 26.2 Å². The lowest BCUT2D eigenvalue weighted by atomic mass is 10.1. The van der Waals surface area contributed by atoms with Gasteiger partial charge in [0.1, 0.15) is 11.9 Å². The third-order valence-corrected chi connectivity index (χ3v) is 4.31. The summed E-state index contributed by atoms with van der Waals surface area (Å²) in [5, 5.41) is 5.87. The predicted molar refractivity (Wildman–Crippen MR) is 101 cm³/mol. The molecule has 1 heterocycles. The van der Waals surface area contributed by atoms with Gasteiger partial charge in [-0.2, -0.15) is 0 Å². The van der Waals surface area contributed by atoms with E-state index in [2.05, 4.69) is 10.6 Å². The average molecular weight is 367 g/mol. The van der Waals surface area contributed by atoms with Crippen molar-refractivity contribution in [3.8, 4) is 0 Å². The summed E-state index contributed by atoms with van der Waals surface area (Å²) in [6, 6.07) is 4.55. The normalized spacial score (nSPS) is 21.3. The monoisotopic (exact) mass is 367 g/mol. The molecule has 2 N–H and O–H groups in total. The van der Waals surface area contributed by atoms with E-state index in [0.717, 1.165) is 6.42 Å². The minimum Gasteiger partial charge on any atom is -0.385 e. The van der Waals surface area contributed by atoms with Crippen molar-refractivity contribution in [2.75, 3.05) is 43.6 Å². The van der Waals surface area contributed by atoms with Crippen LogP contribution in [0.1, 0.15) is 27.2 Å². The van der Waals surface area contributed by atoms with Crippen molar-refractivity contribution in [2.45, 2.75) is 45.4 Å². The first-order valence-corrected chi connectivity index (χ1v) is 9.13. The Morgan fingerprint density at radius 1 is 1.38 bits per heavy atom. The van der Waals surface area contributed by atoms with Crippen LogP contribution < -0.4 is 15.5 Å². The maximum atomic E-state index is 14.6. The summed E-state index contributed by atoms with van der Waals surface area (Å²) in [6.45, 7) is 8.21. The number of rotatable bonds is 8. The number of benzene rings is 1. The summed E-state index contributed by atoms with van der Waals surface area (Å²) in [5.74, 6) is -0.426. The lowest BCUT2D eigenvalue weighted by Gasteiger charge is -2.37. The Kier molecular flexibility index (Phi) is 7.66. The minimum absolute atomic E-state index is 0.0674. The van der Waals surface area contributed by atoms with Gasteiger partial charge in [0.2, 0.25) is 5.91 Å². The van der Waals surface area contributed by atoms with Crippen molar-refractivity contribution in [1.29, 1.82) is 0 Å². The number of hydrogen-bond acceptors (Lipinski definition) is 5. The number of morpholine rings is 1. The van der Waals surface area contributed by atoms with Crippen LogP contribution in [-0.4, -0.2) is 57.5 Å². The standard InChI is InChI=1S/C19H30FN3O3/c1-13-11-23(12-14(2)26-13)18-7-6-16(10-17(18)20)22-15(3)19(24)21-8-5-9-25-4/h6-7,10,13-15,22H,5,8-9,11-12H2,1-4H3,(H,21,24)/t13-,14+,15-/m1/s1. The van der Waals surface area contributed by atoms with Crippen LogP contribution in [0.25, 0.3) is 0 Å². The minimum atomic E-state index is -0.453. The molecule has 0 saturated carbocycles. The Hall–Kier alpha value is -1.86. The molecule has 0 aliphatic carbocycles. The van der Waals surface area contributed by atoms with Gasteiger partial charge in [-0.05, 0) is 45.4 Å². The molecule has 0 spiro atoms. The van der Waals surface area contributed by atoms with Crippen LogP contribution >= 0.6 is 0 Å². The Balaban J connectivity index is 1.93. The van der Waals surface area contributed by atoms with Gasteiger partial charge in [-0.25, -0.2) is 4.39 Å². The van der Waals surface area contributed by atoms with Gasteiger partial charge in [-0.15, -0.1) is 0 Å². The average Bonchev–Trinajstić information content (AvgIpc) is 2.57. The molecule has 2 rings (SSSR count). The molecule has 1 aliphatic rings. The topological polar surface area (TPSA) is 62.8 Å². The molecular weight excluding hydrogens is 337 g/mol. The largest absolute Gasteiger partial charge is 0.385 e. The second-order valence-corrected chi connectivity index (χ2v) is 6.83. The summed E-state index contributed by atoms with van der Waals surface area (Å²) in [5.41, 5.74) is 1.15. The molecule has 1 aromatic carbocycles. The molecule has 0 unspecified atom stereocenters. The molecule has 1 saturated heterocycles. The third kappa shape index (κ3) is 5.85. The fraction of sp³-hybridized carbons (Fsp3) is 0.632. The van der Waals surface area contributed by atoms with Gasteiger partial charge in [0.25, 0.3) is 0 Å². The Morgan fingerprint density at radius 3 is 2.69 bits per heavy atom. The number of amides is 1. The van der Waals surface area contributed by atoms with Crippen molar-refractivity contribution in [1.82, 2.24) is 5.32 Å². The fourth-order valence-electron chi connectivity index (χ4n) is 3.12. The van der Waals surface area contributed by atoms with Crippen molar-refractivity contribution in [3.63, 3.8) is 0 Å². The van der Waals surface area contributed by atoms with Gasteiger partial charge in [0.05, 0.1) is 17.9 Å². The molecule has 1 aromatic rings. The molecule has 1 fully saturated rings. The zero-order chi connectivity index (χ0) is 19.1. The van der Waals surface area contributed by atoms with E-state index in [1.165, 1.54) is 6.07 Å². The molecule has 26 heavy (non-hydrogen) atoms. The van der Waals surface area contributed by atoms with Crippen LogP contribution in [0.4, 0.5) is 15.8 Å². The molecule has 0 aromatic heterocycles. The van der Waals surface area contributed by atoms with Gasteiger partial charge in [-0.1, -0.05) is 0 Å². The molecule has 1 aliphatic heterocycles. The Morgan fingerprint density at radius 2 is 2.08 bits per heavy atom. The third-order valence-electron chi connectivity index (χ3n) is 4.31. The van der Waals surface area contributed by atoms with Gasteiger partial charge < -0.3 is 25.0 Å². The number of anilines is 2. The van der Waals surface area contributed by atoms with E-state index in [4.69, 9.17) is 9.47 Å². The molecule has 0 bridgehead atoms. The highest BCUT2D eigenvalue weighted by Crippen LogP contribution is 2.26. The lowest BCUT2D eigenvalue weighted by molar-refractivity contribution is -0.121. The zero-order valence-electron chi connectivity index (χ0n) is 16.0. The van der Waals surface area contributed by atoms with Crippen LogP contribution in [0.5, 0.6) is 0 Å². The van der Waals surface area contributed by atoms with Crippen molar-refractivity contribution < 1.29 is 18.7 Å². The number of carbonyl (C=O) groups is 1. The fourth-order valence-corrected chi connectivity index (χ4v) is 3.12. The van der Waals surface area contributed by atoms with Crippen LogP contribution in [0.2, 0.25) is 0 Å². The maximum absolute atomic E-state index is 14.6. The Labute approximate surface area is 155 Å². The maximum Gasteiger partial charge on any atom is 0.242 e. The second kappa shape index (κ2) is 9.73. The predicted octanol–water partition coefficient (Wildman–Crippen LogP) is 2.39. The summed E-state index contributed by atoms with van der Waals surface area (Å²) in [6.07, 6.45) is 0.893. The first-order valence-electron chi connectivity index (χ1n) is 9.13. The molecule has 146 valence electrons. The molecular formula is C19H30FN3O3. The first-order chi connectivity index (χ1) is 12.4. The van der Waals surface area contributed by atoms with Gasteiger partial charge in [0, 0.05) is 39.0 Å². The quantitative estimate of drug-likeness (QED) is 0.691. The SMILES string of the molecule is COCCCNC(=O)[C@@H](C)Nc1ccc(N2C[C@@H](C)O[C@@H](C)C2)c(F)c1. The molecule has 1 amide bonds. The van der Waals surface area contributed by atoms with Gasteiger partial charge in [0.15, 0.2) is 0 Å². The van der Waals surface area contributed by atoms with Gasteiger partial charge >= 0.3 is 0 Å². The Bertz CT molecular complexity index is 589. The number of carbonyl (C=O) groups excluding carboxylic acids is 1. The van der Waals surface area contributed by atoms with E-state index in [-0.39, 0.29) is 23.9 Å². The summed E-state index contributed by atoms with van der Waals surface area (Å²) in [4.78, 5) is 14.1. The van der Waals surface area contributed by atoms with Crippen LogP contribution in [-0.2, 0) is 14.3 Å². The van der Waals surface area contributed by atoms with E-state index in [1.807, 2.05) is 18.7 Å². The number of ether oxygens (including phenoxy) is 2. The van der Waals surface area contributed by atoms with E-state index < -0.39 is 6.04 Å². The van der Waals surface area contributed by atoms with E-state index in [0.29, 0.717) is 37.6 Å². The van der Waals surface area contributed by atoms with Crippen molar-refractivity contribution in [3.05, 3.63) is 24.0 Å². The van der Waals surface area contributed by atoms with Crippen molar-refractivity contribution in [2.24, 2.45) is 0 Å². The number of methoxy groups -OCH3 is 1. The summed E-state index contributed by atoms with van der Waals surface area (Å²) >= 11 is 0.